The second-order valence-corrected chi connectivity index (χ2v) is 14.7. The van der Waals surface area contributed by atoms with Crippen LogP contribution in [0.2, 0.25) is 0 Å². The Morgan fingerprint density at radius 2 is 0.741 bits per heavy atom. The van der Waals surface area contributed by atoms with Crippen molar-refractivity contribution in [3.8, 4) is 89.0 Å². The molecule has 2 aliphatic rings. The summed E-state index contributed by atoms with van der Waals surface area (Å²) in [4.78, 5) is 0. The molecular formula is C54H32. The van der Waals surface area contributed by atoms with Crippen molar-refractivity contribution in [1.29, 1.82) is 0 Å². The predicted molar refractivity (Wildman–Crippen MR) is 230 cm³/mol. The Bertz CT molecular complexity index is 3170. The quantitative estimate of drug-likeness (QED) is 0.174. The molecule has 0 fully saturated rings. The summed E-state index contributed by atoms with van der Waals surface area (Å²) in [6.07, 6.45) is 0. The molecule has 54 heavy (non-hydrogen) atoms. The van der Waals surface area contributed by atoms with Crippen LogP contribution in [0.3, 0.4) is 0 Å². The molecule has 10 aromatic rings. The molecule has 0 amide bonds. The van der Waals surface area contributed by atoms with Crippen LogP contribution < -0.4 is 0 Å². The molecule has 248 valence electrons. The summed E-state index contributed by atoms with van der Waals surface area (Å²) in [7, 11) is 0. The lowest BCUT2D eigenvalue weighted by molar-refractivity contribution is 1.61. The van der Waals surface area contributed by atoms with Gasteiger partial charge in [0.15, 0.2) is 0 Å². The van der Waals surface area contributed by atoms with Crippen molar-refractivity contribution < 1.29 is 0 Å². The maximum absolute atomic E-state index is 2.43. The van der Waals surface area contributed by atoms with Crippen LogP contribution in [0.25, 0.3) is 121 Å². The minimum atomic E-state index is 1.23. The fraction of sp³-hybridized carbons (Fsp3) is 0. The van der Waals surface area contributed by atoms with Crippen LogP contribution in [0, 0.1) is 0 Å². The number of rotatable bonds is 4. The van der Waals surface area contributed by atoms with Crippen LogP contribution in [-0.2, 0) is 0 Å². The summed E-state index contributed by atoms with van der Waals surface area (Å²) in [5, 5.41) is 7.85. The highest BCUT2D eigenvalue weighted by Crippen LogP contribution is 2.59. The van der Waals surface area contributed by atoms with Crippen LogP contribution in [-0.4, -0.2) is 0 Å². The molecule has 0 bridgehead atoms. The smallest absolute Gasteiger partial charge is 0.000741 e. The lowest BCUT2D eigenvalue weighted by Gasteiger charge is -2.21. The minimum absolute atomic E-state index is 1.23. The second kappa shape index (κ2) is 11.2. The molecule has 0 aliphatic heterocycles. The molecule has 12 rings (SSSR count). The lowest BCUT2D eigenvalue weighted by atomic mass is 9.82. The van der Waals surface area contributed by atoms with Crippen molar-refractivity contribution in [3.05, 3.63) is 194 Å². The first-order valence-corrected chi connectivity index (χ1v) is 18.9. The number of benzene rings is 10. The third-order valence-corrected chi connectivity index (χ3v) is 11.9. The van der Waals surface area contributed by atoms with E-state index in [4.69, 9.17) is 0 Å². The first-order valence-electron chi connectivity index (χ1n) is 18.9. The molecule has 0 saturated carbocycles. The van der Waals surface area contributed by atoms with Gasteiger partial charge in [-0.2, -0.15) is 0 Å². The van der Waals surface area contributed by atoms with Crippen LogP contribution in [0.5, 0.6) is 0 Å². The molecule has 2 aliphatic carbocycles. The first-order chi connectivity index (χ1) is 26.8. The second-order valence-electron chi connectivity index (χ2n) is 14.7. The molecule has 0 saturated heterocycles. The molecule has 0 nitrogen and oxygen atoms in total. The van der Waals surface area contributed by atoms with Crippen molar-refractivity contribution in [2.24, 2.45) is 0 Å². The van der Waals surface area contributed by atoms with Crippen LogP contribution >= 0.6 is 0 Å². The van der Waals surface area contributed by atoms with Gasteiger partial charge in [-0.1, -0.05) is 182 Å². The van der Waals surface area contributed by atoms with Gasteiger partial charge in [-0.15, -0.1) is 0 Å². The van der Waals surface area contributed by atoms with Crippen molar-refractivity contribution in [2.75, 3.05) is 0 Å². The molecule has 0 heterocycles. The van der Waals surface area contributed by atoms with E-state index in [2.05, 4.69) is 194 Å². The fourth-order valence-corrected chi connectivity index (χ4v) is 9.68. The Morgan fingerprint density at radius 1 is 0.204 bits per heavy atom. The standard InChI is InChI=1S/C54H32/c1-4-13-33(14-5-1)37-25-28-44-48(31-37)51(36-17-8-3-9-18-36)54-46-30-29-39(41-23-12-24-45(52(41)46)53(54)50(44)35-15-6-2-7-16-35)38-26-27-40-42-21-10-19-34-20-11-22-43(49(34)42)47(40)32-38/h1-32H. The average Bonchev–Trinajstić information content (AvgIpc) is 3.75. The van der Waals surface area contributed by atoms with Gasteiger partial charge in [0, 0.05) is 0 Å². The third kappa shape index (κ3) is 4.08. The van der Waals surface area contributed by atoms with E-state index in [1.165, 1.54) is 121 Å². The number of fused-ring (bicyclic) bond motifs is 7. The predicted octanol–water partition coefficient (Wildman–Crippen LogP) is 15.1. The number of hydrogen-bond acceptors (Lipinski definition) is 0. The van der Waals surface area contributed by atoms with Gasteiger partial charge in [-0.25, -0.2) is 0 Å². The topological polar surface area (TPSA) is 0 Å². The highest BCUT2D eigenvalue weighted by atomic mass is 14.3. The Balaban J connectivity index is 1.16. The molecule has 10 aromatic carbocycles. The molecule has 0 unspecified atom stereocenters. The zero-order valence-corrected chi connectivity index (χ0v) is 29.5. The van der Waals surface area contributed by atoms with E-state index in [0.717, 1.165) is 0 Å². The third-order valence-electron chi connectivity index (χ3n) is 11.9. The van der Waals surface area contributed by atoms with E-state index in [1.807, 2.05) is 0 Å². The Hall–Kier alpha value is -7.02. The zero-order valence-electron chi connectivity index (χ0n) is 29.5. The van der Waals surface area contributed by atoms with Crippen LogP contribution in [0.1, 0.15) is 0 Å². The largest absolute Gasteiger partial charge is 0.0622 e. The van der Waals surface area contributed by atoms with Gasteiger partial charge in [0.1, 0.15) is 0 Å². The summed E-state index contributed by atoms with van der Waals surface area (Å²) in [6, 6.07) is 72.2. The minimum Gasteiger partial charge on any atom is -0.0622 e. The van der Waals surface area contributed by atoms with Crippen molar-refractivity contribution in [3.63, 3.8) is 0 Å². The van der Waals surface area contributed by atoms with Crippen LogP contribution in [0.4, 0.5) is 0 Å². The Morgan fingerprint density at radius 3 is 1.44 bits per heavy atom. The van der Waals surface area contributed by atoms with E-state index in [1.54, 1.807) is 0 Å². The highest BCUT2D eigenvalue weighted by molar-refractivity contribution is 6.29. The Labute approximate surface area is 314 Å². The maximum atomic E-state index is 2.43. The van der Waals surface area contributed by atoms with E-state index >= 15 is 0 Å². The van der Waals surface area contributed by atoms with Gasteiger partial charge >= 0.3 is 0 Å². The zero-order chi connectivity index (χ0) is 35.3. The van der Waals surface area contributed by atoms with Crippen molar-refractivity contribution >= 4 is 32.3 Å². The average molecular weight is 681 g/mol. The summed E-state index contributed by atoms with van der Waals surface area (Å²) < 4.78 is 0. The van der Waals surface area contributed by atoms with Gasteiger partial charge in [0.2, 0.25) is 0 Å². The summed E-state index contributed by atoms with van der Waals surface area (Å²) in [6.45, 7) is 0. The van der Waals surface area contributed by atoms with Gasteiger partial charge in [0.05, 0.1) is 0 Å². The SMILES string of the molecule is c1ccc(-c2ccc3c(-c4ccccc4)c4c(c(-c5ccccc5)c3c2)-c2ccc(-c3ccc5c(c3)-c3cccc6cccc-5c36)c3cccc-4c23)cc1. The molecule has 0 heteroatoms. The van der Waals surface area contributed by atoms with E-state index in [-0.39, 0.29) is 0 Å². The molecule has 0 N–H and O–H groups in total. The molecule has 0 radical (unpaired) electrons. The van der Waals surface area contributed by atoms with E-state index in [0.29, 0.717) is 0 Å². The summed E-state index contributed by atoms with van der Waals surface area (Å²) in [5.74, 6) is 0. The first kappa shape index (κ1) is 29.5. The number of hydrogen-bond donors (Lipinski definition) is 0. The van der Waals surface area contributed by atoms with Gasteiger partial charge in [-0.05, 0) is 133 Å². The van der Waals surface area contributed by atoms with E-state index < -0.39 is 0 Å². The van der Waals surface area contributed by atoms with Crippen molar-refractivity contribution in [2.45, 2.75) is 0 Å². The molecule has 0 aromatic heterocycles. The van der Waals surface area contributed by atoms with Crippen molar-refractivity contribution in [1.82, 2.24) is 0 Å². The highest BCUT2D eigenvalue weighted by Gasteiger charge is 2.32. The van der Waals surface area contributed by atoms with Crippen LogP contribution in [0.15, 0.2) is 194 Å². The summed E-state index contributed by atoms with van der Waals surface area (Å²) in [5.41, 5.74) is 20.6. The molecular weight excluding hydrogens is 649 g/mol. The Kier molecular flexibility index (Phi) is 6.15. The summed E-state index contributed by atoms with van der Waals surface area (Å²) >= 11 is 0. The lowest BCUT2D eigenvalue weighted by Crippen LogP contribution is -1.94. The maximum Gasteiger partial charge on any atom is -0.000741 e. The molecule has 0 spiro atoms. The van der Waals surface area contributed by atoms with Gasteiger partial charge < -0.3 is 0 Å². The fourth-order valence-electron chi connectivity index (χ4n) is 9.68. The van der Waals surface area contributed by atoms with Gasteiger partial charge in [-0.3, -0.25) is 0 Å². The van der Waals surface area contributed by atoms with E-state index in [9.17, 15) is 0 Å². The monoisotopic (exact) mass is 680 g/mol. The van der Waals surface area contributed by atoms with Gasteiger partial charge in [0.25, 0.3) is 0 Å². The molecule has 0 atom stereocenters. The normalized spacial score (nSPS) is 12.1.